The van der Waals surface area contributed by atoms with Gasteiger partial charge in [0.2, 0.25) is 0 Å². The predicted molar refractivity (Wildman–Crippen MR) is 145 cm³/mol. The zero-order valence-electron chi connectivity index (χ0n) is 21.9. The second kappa shape index (κ2) is 12.4. The molecule has 190 valence electrons. The molecule has 36 heavy (non-hydrogen) atoms. The van der Waals surface area contributed by atoms with Gasteiger partial charge in [-0.1, -0.05) is 70.2 Å². The number of rotatable bonds is 11. The highest BCUT2D eigenvalue weighted by atomic mass is 16.5. The van der Waals surface area contributed by atoms with E-state index >= 15 is 0 Å². The lowest BCUT2D eigenvalue weighted by atomic mass is 9.96. The molecule has 0 saturated carbocycles. The van der Waals surface area contributed by atoms with Crippen LogP contribution in [0.3, 0.4) is 0 Å². The van der Waals surface area contributed by atoms with Gasteiger partial charge in [0.05, 0.1) is 6.42 Å². The van der Waals surface area contributed by atoms with Crippen LogP contribution in [0, 0.1) is 12.8 Å². The molecule has 0 fully saturated rings. The first-order valence-corrected chi connectivity index (χ1v) is 12.6. The third-order valence-electron chi connectivity index (χ3n) is 6.22. The predicted octanol–water partition coefficient (Wildman–Crippen LogP) is 7.16. The molecule has 0 aliphatic rings. The molecule has 2 N–H and O–H groups in total. The Balaban J connectivity index is 1.74. The van der Waals surface area contributed by atoms with Crippen molar-refractivity contribution in [2.75, 3.05) is 6.54 Å². The quantitative estimate of drug-likeness (QED) is 0.301. The van der Waals surface area contributed by atoms with Crippen molar-refractivity contribution in [1.82, 2.24) is 5.32 Å². The van der Waals surface area contributed by atoms with Crippen molar-refractivity contribution < 1.29 is 19.4 Å². The van der Waals surface area contributed by atoms with E-state index in [1.54, 1.807) is 12.1 Å². The van der Waals surface area contributed by atoms with E-state index in [2.05, 4.69) is 76.3 Å². The van der Waals surface area contributed by atoms with E-state index in [1.165, 1.54) is 16.7 Å². The number of carboxylic acid groups (broad SMARTS) is 1. The minimum absolute atomic E-state index is 0.102. The Labute approximate surface area is 214 Å². The first-order chi connectivity index (χ1) is 17.1. The minimum atomic E-state index is -0.938. The smallest absolute Gasteiger partial charge is 0.305 e. The Hall–Kier alpha value is -3.60. The van der Waals surface area contributed by atoms with Crippen molar-refractivity contribution in [1.29, 1.82) is 0 Å². The lowest BCUT2D eigenvalue weighted by Gasteiger charge is -2.22. The summed E-state index contributed by atoms with van der Waals surface area (Å²) in [4.78, 5) is 22.9. The summed E-state index contributed by atoms with van der Waals surface area (Å²) in [5, 5.41) is 11.4. The number of nitrogens with one attached hydrogen (secondary N) is 1. The molecule has 0 heterocycles. The first-order valence-electron chi connectivity index (χ1n) is 12.6. The van der Waals surface area contributed by atoms with Crippen LogP contribution in [0.5, 0.6) is 5.75 Å². The number of carbonyl (C=O) groups excluding carboxylic acids is 1. The number of benzene rings is 3. The fourth-order valence-corrected chi connectivity index (χ4v) is 4.16. The van der Waals surface area contributed by atoms with Gasteiger partial charge in [-0.25, -0.2) is 0 Å². The van der Waals surface area contributed by atoms with E-state index in [0.29, 0.717) is 17.4 Å². The highest BCUT2D eigenvalue weighted by Crippen LogP contribution is 2.32. The Kier molecular flexibility index (Phi) is 9.29. The molecule has 0 bridgehead atoms. The van der Waals surface area contributed by atoms with Crippen LogP contribution < -0.4 is 10.1 Å². The molecule has 0 saturated heterocycles. The molecule has 3 aromatic carbocycles. The minimum Gasteiger partial charge on any atom is -0.486 e. The average Bonchev–Trinajstić information content (AvgIpc) is 2.83. The first kappa shape index (κ1) is 27.0. The Morgan fingerprint density at radius 1 is 0.889 bits per heavy atom. The molecule has 1 unspecified atom stereocenters. The van der Waals surface area contributed by atoms with Crippen molar-refractivity contribution in [3.8, 4) is 16.9 Å². The van der Waals surface area contributed by atoms with E-state index in [1.807, 2.05) is 18.2 Å². The maximum absolute atomic E-state index is 12.3. The number of carbonyl (C=O) groups is 2. The summed E-state index contributed by atoms with van der Waals surface area (Å²) < 4.78 is 6.46. The zero-order valence-corrected chi connectivity index (χ0v) is 21.9. The Morgan fingerprint density at radius 2 is 1.53 bits per heavy atom. The SMILES string of the molecule is Cc1cc(OC(CC(C)C)c2ccc(C(=O)NCCC(=O)O)cc2)ccc1-c1ccc(C(C)C)cc1. The van der Waals surface area contributed by atoms with Gasteiger partial charge in [0.1, 0.15) is 11.9 Å². The zero-order chi connectivity index (χ0) is 26.2. The third-order valence-corrected chi connectivity index (χ3v) is 6.22. The van der Waals surface area contributed by atoms with Crippen molar-refractivity contribution >= 4 is 11.9 Å². The van der Waals surface area contributed by atoms with Crippen LogP contribution in [0.25, 0.3) is 11.1 Å². The number of amides is 1. The maximum Gasteiger partial charge on any atom is 0.305 e. The molecule has 3 aromatic rings. The lowest BCUT2D eigenvalue weighted by Crippen LogP contribution is -2.26. The van der Waals surface area contributed by atoms with Crippen LogP contribution in [-0.4, -0.2) is 23.5 Å². The van der Waals surface area contributed by atoms with Crippen LogP contribution in [0.2, 0.25) is 0 Å². The van der Waals surface area contributed by atoms with Crippen LogP contribution >= 0.6 is 0 Å². The largest absolute Gasteiger partial charge is 0.486 e. The molecule has 5 heteroatoms. The van der Waals surface area contributed by atoms with E-state index in [-0.39, 0.29) is 25.0 Å². The summed E-state index contributed by atoms with van der Waals surface area (Å²) in [6, 6.07) is 22.3. The third kappa shape index (κ3) is 7.45. The number of aryl methyl sites for hydroxylation is 1. The Bertz CT molecular complexity index is 1160. The van der Waals surface area contributed by atoms with E-state index in [0.717, 1.165) is 23.3 Å². The molecule has 0 aliphatic heterocycles. The molecule has 5 nitrogen and oxygen atoms in total. The molecule has 1 atom stereocenters. The normalized spacial score (nSPS) is 12.0. The number of carboxylic acids is 1. The second-order valence-electron chi connectivity index (χ2n) is 10.0. The fraction of sp³-hybridized carbons (Fsp3) is 0.355. The molecule has 1 amide bonds. The molecule has 0 aliphatic carbocycles. The van der Waals surface area contributed by atoms with Crippen LogP contribution in [-0.2, 0) is 4.79 Å². The van der Waals surface area contributed by atoms with Crippen LogP contribution in [0.15, 0.2) is 66.7 Å². The Morgan fingerprint density at radius 3 is 2.08 bits per heavy atom. The standard InChI is InChI=1S/C31H37NO4/c1-20(2)18-29(25-10-12-26(13-11-25)31(35)32-17-16-30(33)34)36-27-14-15-28(22(5)19-27)24-8-6-23(7-9-24)21(3)4/h6-15,19-21,29H,16-18H2,1-5H3,(H,32,35)(H,33,34). The van der Waals surface area contributed by atoms with Gasteiger partial charge in [-0.15, -0.1) is 0 Å². The van der Waals surface area contributed by atoms with Gasteiger partial charge < -0.3 is 15.2 Å². The summed E-state index contributed by atoms with van der Waals surface area (Å²) in [5.74, 6) is 0.530. The van der Waals surface area contributed by atoms with Crippen LogP contribution in [0.4, 0.5) is 0 Å². The molecule has 0 spiro atoms. The van der Waals surface area contributed by atoms with Crippen molar-refractivity contribution in [3.63, 3.8) is 0 Å². The van der Waals surface area contributed by atoms with Gasteiger partial charge in [0, 0.05) is 12.1 Å². The topological polar surface area (TPSA) is 75.6 Å². The van der Waals surface area contributed by atoms with Gasteiger partial charge in [-0.2, -0.15) is 0 Å². The summed E-state index contributed by atoms with van der Waals surface area (Å²) in [7, 11) is 0. The van der Waals surface area contributed by atoms with Gasteiger partial charge in [-0.3, -0.25) is 9.59 Å². The van der Waals surface area contributed by atoms with Crippen molar-refractivity contribution in [2.45, 2.75) is 59.5 Å². The van der Waals surface area contributed by atoms with Gasteiger partial charge in [0.15, 0.2) is 0 Å². The second-order valence-corrected chi connectivity index (χ2v) is 10.0. The van der Waals surface area contributed by atoms with Crippen molar-refractivity contribution in [2.24, 2.45) is 5.92 Å². The summed E-state index contributed by atoms with van der Waals surface area (Å²) in [5.41, 5.74) is 6.36. The molecule has 3 rings (SSSR count). The maximum atomic E-state index is 12.3. The van der Waals surface area contributed by atoms with E-state index in [4.69, 9.17) is 9.84 Å². The van der Waals surface area contributed by atoms with Gasteiger partial charge in [-0.05, 0) is 77.3 Å². The summed E-state index contributed by atoms with van der Waals surface area (Å²) in [6.07, 6.45) is 0.585. The lowest BCUT2D eigenvalue weighted by molar-refractivity contribution is -0.136. The van der Waals surface area contributed by atoms with E-state index in [9.17, 15) is 9.59 Å². The summed E-state index contributed by atoms with van der Waals surface area (Å²) in [6.45, 7) is 10.9. The molecular formula is C31H37NO4. The average molecular weight is 488 g/mol. The van der Waals surface area contributed by atoms with Gasteiger partial charge in [0.25, 0.3) is 5.91 Å². The number of ether oxygens (including phenoxy) is 1. The number of hydrogen-bond acceptors (Lipinski definition) is 3. The summed E-state index contributed by atoms with van der Waals surface area (Å²) >= 11 is 0. The fourth-order valence-electron chi connectivity index (χ4n) is 4.16. The molecule has 0 radical (unpaired) electrons. The number of aliphatic carboxylic acids is 1. The van der Waals surface area contributed by atoms with E-state index < -0.39 is 5.97 Å². The number of hydrogen-bond donors (Lipinski definition) is 2. The molecular weight excluding hydrogens is 450 g/mol. The highest BCUT2D eigenvalue weighted by Gasteiger charge is 2.17. The highest BCUT2D eigenvalue weighted by molar-refractivity contribution is 5.94. The van der Waals surface area contributed by atoms with Gasteiger partial charge >= 0.3 is 5.97 Å². The monoisotopic (exact) mass is 487 g/mol. The van der Waals surface area contributed by atoms with Crippen molar-refractivity contribution in [3.05, 3.63) is 89.0 Å². The molecule has 0 aromatic heterocycles. The van der Waals surface area contributed by atoms with Crippen LogP contribution in [0.1, 0.15) is 79.6 Å².